The molecule has 2 aromatic rings. The molecular weight excluding hydrogens is 358 g/mol. The van der Waals surface area contributed by atoms with E-state index in [1.54, 1.807) is 48.5 Å². The summed E-state index contributed by atoms with van der Waals surface area (Å²) in [5.41, 5.74) is 1.02. The molecule has 0 aromatic heterocycles. The third-order valence-corrected chi connectivity index (χ3v) is 4.61. The van der Waals surface area contributed by atoms with Gasteiger partial charge in [-0.25, -0.2) is 0 Å². The fourth-order valence-electron chi connectivity index (χ4n) is 2.84. The van der Waals surface area contributed by atoms with Crippen LogP contribution in [0.2, 0.25) is 0 Å². The number of rotatable bonds is 6. The Morgan fingerprint density at radius 1 is 0.750 bits per heavy atom. The quantitative estimate of drug-likeness (QED) is 0.529. The topological polar surface area (TPSA) is 104 Å². The summed E-state index contributed by atoms with van der Waals surface area (Å²) in [5, 5.41) is 8.14. The number of carbonyl (C=O) groups is 4. The maximum atomic E-state index is 12.7. The summed E-state index contributed by atoms with van der Waals surface area (Å²) in [5.74, 6) is -1.04. The van der Waals surface area contributed by atoms with Gasteiger partial charge in [-0.05, 0) is 56.2 Å². The monoisotopic (exact) mass is 379 g/mol. The van der Waals surface area contributed by atoms with Crippen molar-refractivity contribution >= 4 is 40.6 Å². The number of ketones is 1. The van der Waals surface area contributed by atoms with Crippen LogP contribution < -0.4 is 16.0 Å². The highest BCUT2D eigenvalue weighted by molar-refractivity contribution is 6.17. The Labute approximate surface area is 162 Å². The molecule has 0 heterocycles. The second kappa shape index (κ2) is 7.64. The van der Waals surface area contributed by atoms with Crippen LogP contribution in [0.25, 0.3) is 0 Å². The van der Waals surface area contributed by atoms with E-state index in [2.05, 4.69) is 16.0 Å². The van der Waals surface area contributed by atoms with Crippen LogP contribution in [0.3, 0.4) is 0 Å². The van der Waals surface area contributed by atoms with Crippen molar-refractivity contribution in [2.45, 2.75) is 26.7 Å². The van der Waals surface area contributed by atoms with Crippen molar-refractivity contribution in [3.8, 4) is 0 Å². The van der Waals surface area contributed by atoms with Crippen molar-refractivity contribution in [3.63, 3.8) is 0 Å². The number of Topliss-reactive ketones (excluding diaryl/α,β-unsaturated/α-hetero) is 1. The Balaban J connectivity index is 1.66. The zero-order valence-corrected chi connectivity index (χ0v) is 15.7. The highest BCUT2D eigenvalue weighted by atomic mass is 16.2. The Kier molecular flexibility index (Phi) is 5.26. The summed E-state index contributed by atoms with van der Waals surface area (Å²) >= 11 is 0. The highest BCUT2D eigenvalue weighted by Gasteiger charge is 2.56. The minimum atomic E-state index is -1.11. The lowest BCUT2D eigenvalue weighted by molar-refractivity contribution is -0.131. The van der Waals surface area contributed by atoms with Crippen LogP contribution >= 0.6 is 0 Å². The number of hydrogen-bond donors (Lipinski definition) is 3. The second-order valence-electron chi connectivity index (χ2n) is 6.89. The van der Waals surface area contributed by atoms with Crippen molar-refractivity contribution in [2.24, 2.45) is 5.41 Å². The van der Waals surface area contributed by atoms with Gasteiger partial charge in [0.15, 0.2) is 5.78 Å². The maximum Gasteiger partial charge on any atom is 0.240 e. The first-order valence-corrected chi connectivity index (χ1v) is 8.92. The van der Waals surface area contributed by atoms with E-state index < -0.39 is 5.41 Å². The molecule has 0 spiro atoms. The molecule has 1 fully saturated rings. The Morgan fingerprint density at radius 2 is 1.29 bits per heavy atom. The molecule has 7 heteroatoms. The number of amides is 3. The lowest BCUT2D eigenvalue weighted by Crippen LogP contribution is -2.35. The predicted molar refractivity (Wildman–Crippen MR) is 106 cm³/mol. The maximum absolute atomic E-state index is 12.7. The smallest absolute Gasteiger partial charge is 0.240 e. The van der Waals surface area contributed by atoms with Gasteiger partial charge in [-0.15, -0.1) is 0 Å². The zero-order chi connectivity index (χ0) is 20.3. The molecule has 3 rings (SSSR count). The Morgan fingerprint density at radius 3 is 1.79 bits per heavy atom. The zero-order valence-electron chi connectivity index (χ0n) is 15.7. The molecule has 0 bridgehead atoms. The third kappa shape index (κ3) is 4.25. The Hall–Kier alpha value is -3.48. The molecule has 3 amide bonds. The van der Waals surface area contributed by atoms with Gasteiger partial charge in [0.2, 0.25) is 17.7 Å². The fourth-order valence-corrected chi connectivity index (χ4v) is 2.84. The molecule has 0 aliphatic heterocycles. The van der Waals surface area contributed by atoms with Gasteiger partial charge in [-0.2, -0.15) is 0 Å². The molecule has 0 saturated heterocycles. The van der Waals surface area contributed by atoms with Crippen molar-refractivity contribution in [1.29, 1.82) is 0 Å². The normalized spacial score (nSPS) is 13.9. The van der Waals surface area contributed by atoms with E-state index in [0.717, 1.165) is 0 Å². The number of anilines is 3. The van der Waals surface area contributed by atoms with Crippen LogP contribution in [0.4, 0.5) is 17.1 Å². The fraction of sp³-hybridized carbons (Fsp3) is 0.238. The van der Waals surface area contributed by atoms with Crippen LogP contribution in [-0.2, 0) is 14.4 Å². The number of benzene rings is 2. The van der Waals surface area contributed by atoms with Gasteiger partial charge in [0.25, 0.3) is 0 Å². The first-order chi connectivity index (χ1) is 13.3. The van der Waals surface area contributed by atoms with E-state index in [-0.39, 0.29) is 23.5 Å². The summed E-state index contributed by atoms with van der Waals surface area (Å²) in [4.78, 5) is 47.9. The van der Waals surface area contributed by atoms with Gasteiger partial charge in [0, 0.05) is 29.5 Å². The average Bonchev–Trinajstić information content (AvgIpc) is 3.45. The van der Waals surface area contributed by atoms with Crippen molar-refractivity contribution in [1.82, 2.24) is 0 Å². The molecule has 3 N–H and O–H groups in total. The first-order valence-electron chi connectivity index (χ1n) is 8.92. The van der Waals surface area contributed by atoms with Crippen molar-refractivity contribution < 1.29 is 19.2 Å². The van der Waals surface area contributed by atoms with Gasteiger partial charge in [-0.3, -0.25) is 19.2 Å². The van der Waals surface area contributed by atoms with Gasteiger partial charge in [0.1, 0.15) is 5.41 Å². The number of hydrogen-bond acceptors (Lipinski definition) is 4. The largest absolute Gasteiger partial charge is 0.326 e. The molecule has 1 aliphatic carbocycles. The molecule has 28 heavy (non-hydrogen) atoms. The molecule has 0 atom stereocenters. The number of carbonyl (C=O) groups excluding carboxylic acids is 4. The average molecular weight is 379 g/mol. The summed E-state index contributed by atoms with van der Waals surface area (Å²) in [7, 11) is 0. The summed E-state index contributed by atoms with van der Waals surface area (Å²) in [6, 6.07) is 13.3. The summed E-state index contributed by atoms with van der Waals surface area (Å²) in [6.07, 6.45) is 0.919. The van der Waals surface area contributed by atoms with E-state index in [1.165, 1.54) is 13.8 Å². The van der Waals surface area contributed by atoms with E-state index in [1.807, 2.05) is 0 Å². The molecule has 0 radical (unpaired) electrons. The van der Waals surface area contributed by atoms with Crippen molar-refractivity contribution in [3.05, 3.63) is 54.1 Å². The van der Waals surface area contributed by atoms with Gasteiger partial charge in [-0.1, -0.05) is 12.1 Å². The lowest BCUT2D eigenvalue weighted by atomic mass is 10.0. The van der Waals surface area contributed by atoms with E-state index in [4.69, 9.17) is 0 Å². The summed E-state index contributed by atoms with van der Waals surface area (Å²) < 4.78 is 0. The van der Waals surface area contributed by atoms with Gasteiger partial charge in [0.05, 0.1) is 0 Å². The van der Waals surface area contributed by atoms with E-state index in [0.29, 0.717) is 35.5 Å². The Bertz CT molecular complexity index is 946. The van der Waals surface area contributed by atoms with E-state index >= 15 is 0 Å². The lowest BCUT2D eigenvalue weighted by Gasteiger charge is -2.16. The minimum absolute atomic E-state index is 0.0994. The van der Waals surface area contributed by atoms with Gasteiger partial charge >= 0.3 is 0 Å². The molecular formula is C21H21N3O4. The van der Waals surface area contributed by atoms with Crippen LogP contribution in [-0.4, -0.2) is 23.5 Å². The molecule has 144 valence electrons. The number of nitrogens with one attached hydrogen (secondary N) is 3. The van der Waals surface area contributed by atoms with Crippen LogP contribution in [0, 0.1) is 5.41 Å². The van der Waals surface area contributed by atoms with Gasteiger partial charge < -0.3 is 16.0 Å². The SMILES string of the molecule is CC(=O)Nc1ccc(NC(=O)C2(C(=O)Nc3cccc(C(C)=O)c3)CC2)cc1. The highest BCUT2D eigenvalue weighted by Crippen LogP contribution is 2.47. The molecule has 1 saturated carbocycles. The van der Waals surface area contributed by atoms with Crippen LogP contribution in [0.1, 0.15) is 37.0 Å². The molecule has 2 aromatic carbocycles. The third-order valence-electron chi connectivity index (χ3n) is 4.61. The predicted octanol–water partition coefficient (Wildman–Crippen LogP) is 3.21. The molecule has 7 nitrogen and oxygen atoms in total. The second-order valence-corrected chi connectivity index (χ2v) is 6.89. The van der Waals surface area contributed by atoms with Crippen molar-refractivity contribution in [2.75, 3.05) is 16.0 Å². The standard InChI is InChI=1S/C21H21N3O4/c1-13(25)15-4-3-5-18(12-15)24-20(28)21(10-11-21)19(27)23-17-8-6-16(7-9-17)22-14(2)26/h3-9,12H,10-11H2,1-2H3,(H,22,26)(H,23,27)(H,24,28). The molecule has 1 aliphatic rings. The summed E-state index contributed by atoms with van der Waals surface area (Å²) in [6.45, 7) is 2.87. The van der Waals surface area contributed by atoms with Crippen LogP contribution in [0.15, 0.2) is 48.5 Å². The van der Waals surface area contributed by atoms with E-state index in [9.17, 15) is 19.2 Å². The molecule has 0 unspecified atom stereocenters. The first kappa shape index (κ1) is 19.3. The van der Waals surface area contributed by atoms with Crippen LogP contribution in [0.5, 0.6) is 0 Å². The minimum Gasteiger partial charge on any atom is -0.326 e.